The van der Waals surface area contributed by atoms with Gasteiger partial charge in [-0.15, -0.1) is 0 Å². The molecule has 0 saturated carbocycles. The highest BCUT2D eigenvalue weighted by atomic mass is 15.2. The van der Waals surface area contributed by atoms with Gasteiger partial charge in [-0.1, -0.05) is 6.92 Å². The second-order valence-corrected chi connectivity index (χ2v) is 3.61. The summed E-state index contributed by atoms with van der Waals surface area (Å²) >= 11 is 0. The Balaban J connectivity index is 2.40. The van der Waals surface area contributed by atoms with Crippen LogP contribution in [0.5, 0.6) is 0 Å². The summed E-state index contributed by atoms with van der Waals surface area (Å²) in [5.74, 6) is 1.60. The number of hydrogen-bond donors (Lipinski definition) is 1. The van der Waals surface area contributed by atoms with E-state index in [9.17, 15) is 0 Å². The van der Waals surface area contributed by atoms with Gasteiger partial charge in [0.05, 0.1) is 5.84 Å². The van der Waals surface area contributed by atoms with E-state index in [1.165, 1.54) is 19.3 Å². The quantitative estimate of drug-likeness (QED) is 0.420. The predicted molar refractivity (Wildman–Crippen MR) is 48.0 cm³/mol. The minimum Gasteiger partial charge on any atom is -0.361 e. The first-order valence-electron chi connectivity index (χ1n) is 4.50. The predicted octanol–water partition coefficient (Wildman–Crippen LogP) is 2.11. The monoisotopic (exact) mass is 154 g/mol. The third-order valence-electron chi connectivity index (χ3n) is 2.49. The second kappa shape index (κ2) is 3.74. The molecule has 1 unspecified atom stereocenters. The first kappa shape index (κ1) is 8.57. The van der Waals surface area contributed by atoms with Crippen molar-refractivity contribution < 1.29 is 0 Å². The molecule has 2 heteroatoms. The zero-order valence-electron chi connectivity index (χ0n) is 7.56. The molecule has 1 rings (SSSR count). The highest BCUT2D eigenvalue weighted by Gasteiger charge is 2.12. The number of rotatable bonds is 0. The van der Waals surface area contributed by atoms with E-state index in [2.05, 4.69) is 11.8 Å². The summed E-state index contributed by atoms with van der Waals surface area (Å²) in [6.45, 7) is 6.38. The fourth-order valence-corrected chi connectivity index (χ4v) is 1.60. The number of hydrogen-bond acceptors (Lipinski definition) is 1. The van der Waals surface area contributed by atoms with Crippen molar-refractivity contribution in [2.24, 2.45) is 5.92 Å². The Labute approximate surface area is 69.1 Å². The average molecular weight is 154 g/mol. The van der Waals surface area contributed by atoms with Gasteiger partial charge in [-0.3, -0.25) is 5.41 Å². The van der Waals surface area contributed by atoms with Gasteiger partial charge in [-0.05, 0) is 32.1 Å². The van der Waals surface area contributed by atoms with E-state index < -0.39 is 0 Å². The lowest BCUT2D eigenvalue weighted by atomic mass is 10.0. The van der Waals surface area contributed by atoms with Gasteiger partial charge in [0, 0.05) is 13.1 Å². The van der Waals surface area contributed by atoms with Gasteiger partial charge < -0.3 is 4.90 Å². The second-order valence-electron chi connectivity index (χ2n) is 3.61. The molecule has 1 saturated heterocycles. The van der Waals surface area contributed by atoms with Crippen LogP contribution < -0.4 is 0 Å². The molecule has 0 amide bonds. The van der Waals surface area contributed by atoms with Crippen molar-refractivity contribution in [3.05, 3.63) is 0 Å². The van der Waals surface area contributed by atoms with Crippen LogP contribution >= 0.6 is 0 Å². The molecule has 1 N–H and O–H groups in total. The normalized spacial score (nSPS) is 26.4. The summed E-state index contributed by atoms with van der Waals surface area (Å²) in [6.07, 6.45) is 3.86. The number of nitrogens with zero attached hydrogens (tertiary/aromatic N) is 1. The van der Waals surface area contributed by atoms with Gasteiger partial charge in [0.25, 0.3) is 0 Å². The third-order valence-corrected chi connectivity index (χ3v) is 2.49. The van der Waals surface area contributed by atoms with Gasteiger partial charge in [0.2, 0.25) is 0 Å². The van der Waals surface area contributed by atoms with Crippen LogP contribution in [0.15, 0.2) is 0 Å². The van der Waals surface area contributed by atoms with Crippen molar-refractivity contribution in [3.8, 4) is 0 Å². The van der Waals surface area contributed by atoms with Crippen LogP contribution in [0.3, 0.4) is 0 Å². The fourth-order valence-electron chi connectivity index (χ4n) is 1.60. The standard InChI is InChI=1S/C9H18N2/c1-8-4-3-6-11(7-5-8)9(2)10/h8,10H,3-7H2,1-2H3. The summed E-state index contributed by atoms with van der Waals surface area (Å²) in [5, 5.41) is 7.48. The van der Waals surface area contributed by atoms with E-state index in [4.69, 9.17) is 5.41 Å². The molecule has 1 aliphatic rings. The van der Waals surface area contributed by atoms with Crippen molar-refractivity contribution in [3.63, 3.8) is 0 Å². The zero-order chi connectivity index (χ0) is 8.27. The maximum absolute atomic E-state index is 7.48. The van der Waals surface area contributed by atoms with Crippen LogP contribution in [0.1, 0.15) is 33.1 Å². The van der Waals surface area contributed by atoms with Crippen molar-refractivity contribution in [1.82, 2.24) is 4.90 Å². The van der Waals surface area contributed by atoms with Crippen LogP contribution in [0, 0.1) is 11.3 Å². The lowest BCUT2D eigenvalue weighted by Crippen LogP contribution is -2.28. The molecule has 11 heavy (non-hydrogen) atoms. The van der Waals surface area contributed by atoms with Gasteiger partial charge in [0.1, 0.15) is 0 Å². The number of nitrogens with one attached hydrogen (secondary N) is 1. The Morgan fingerprint density at radius 3 is 2.73 bits per heavy atom. The topological polar surface area (TPSA) is 27.1 Å². The fraction of sp³-hybridized carbons (Fsp3) is 0.889. The van der Waals surface area contributed by atoms with E-state index >= 15 is 0 Å². The van der Waals surface area contributed by atoms with Crippen molar-refractivity contribution in [2.45, 2.75) is 33.1 Å². The molecule has 0 radical (unpaired) electrons. The number of amidine groups is 1. The van der Waals surface area contributed by atoms with Crippen LogP contribution in [0.2, 0.25) is 0 Å². The molecular weight excluding hydrogens is 136 g/mol. The lowest BCUT2D eigenvalue weighted by molar-refractivity contribution is 0.420. The minimum atomic E-state index is 0.735. The van der Waals surface area contributed by atoms with Gasteiger partial charge in [-0.25, -0.2) is 0 Å². The Hall–Kier alpha value is -0.530. The molecule has 2 nitrogen and oxygen atoms in total. The minimum absolute atomic E-state index is 0.735. The van der Waals surface area contributed by atoms with Crippen LogP contribution in [-0.2, 0) is 0 Å². The van der Waals surface area contributed by atoms with E-state index in [1.807, 2.05) is 6.92 Å². The summed E-state index contributed by atoms with van der Waals surface area (Å²) in [4.78, 5) is 2.18. The van der Waals surface area contributed by atoms with E-state index in [0.717, 1.165) is 24.8 Å². The molecule has 1 aliphatic heterocycles. The molecule has 0 aromatic rings. The maximum Gasteiger partial charge on any atom is 0.0925 e. The first-order valence-corrected chi connectivity index (χ1v) is 4.50. The van der Waals surface area contributed by atoms with Gasteiger partial charge in [0.15, 0.2) is 0 Å². The Bertz CT molecular complexity index is 142. The highest BCUT2D eigenvalue weighted by Crippen LogP contribution is 2.16. The summed E-state index contributed by atoms with van der Waals surface area (Å²) in [7, 11) is 0. The first-order chi connectivity index (χ1) is 5.20. The summed E-state index contributed by atoms with van der Waals surface area (Å²) < 4.78 is 0. The van der Waals surface area contributed by atoms with Crippen molar-refractivity contribution in [2.75, 3.05) is 13.1 Å². The molecule has 1 heterocycles. The molecule has 0 aromatic heterocycles. The van der Waals surface area contributed by atoms with Gasteiger partial charge >= 0.3 is 0 Å². The maximum atomic E-state index is 7.48. The van der Waals surface area contributed by atoms with Crippen molar-refractivity contribution >= 4 is 5.84 Å². The Morgan fingerprint density at radius 1 is 1.36 bits per heavy atom. The lowest BCUT2D eigenvalue weighted by Gasteiger charge is -2.20. The summed E-state index contributed by atoms with van der Waals surface area (Å²) in [5.41, 5.74) is 0. The molecule has 1 atom stereocenters. The Kier molecular flexibility index (Phi) is 2.92. The molecule has 0 aliphatic carbocycles. The molecule has 64 valence electrons. The van der Waals surface area contributed by atoms with E-state index in [1.54, 1.807) is 0 Å². The smallest absolute Gasteiger partial charge is 0.0925 e. The average Bonchev–Trinajstić information content (AvgIpc) is 2.13. The SMILES string of the molecule is CC(=N)N1CCCC(C)CC1. The van der Waals surface area contributed by atoms with Crippen LogP contribution in [-0.4, -0.2) is 23.8 Å². The zero-order valence-corrected chi connectivity index (χ0v) is 7.56. The highest BCUT2D eigenvalue weighted by molar-refractivity contribution is 5.76. The molecule has 0 spiro atoms. The molecule has 0 bridgehead atoms. The van der Waals surface area contributed by atoms with Crippen LogP contribution in [0.25, 0.3) is 0 Å². The largest absolute Gasteiger partial charge is 0.361 e. The molecule has 1 fully saturated rings. The number of likely N-dealkylation sites (tertiary alicyclic amines) is 1. The van der Waals surface area contributed by atoms with Crippen LogP contribution in [0.4, 0.5) is 0 Å². The molecule has 0 aromatic carbocycles. The Morgan fingerprint density at radius 2 is 2.09 bits per heavy atom. The molecular formula is C9H18N2. The van der Waals surface area contributed by atoms with E-state index in [-0.39, 0.29) is 0 Å². The summed E-state index contributed by atoms with van der Waals surface area (Å²) in [6, 6.07) is 0. The van der Waals surface area contributed by atoms with Gasteiger partial charge in [-0.2, -0.15) is 0 Å². The van der Waals surface area contributed by atoms with E-state index in [0.29, 0.717) is 0 Å². The third kappa shape index (κ3) is 2.52. The van der Waals surface area contributed by atoms with Crippen molar-refractivity contribution in [1.29, 1.82) is 5.41 Å².